The molecule has 0 saturated carbocycles. The lowest BCUT2D eigenvalue weighted by atomic mass is 9.92. The van der Waals surface area contributed by atoms with Crippen molar-refractivity contribution in [2.24, 2.45) is 4.99 Å². The molecule has 0 spiro atoms. The summed E-state index contributed by atoms with van der Waals surface area (Å²) in [6.45, 7) is 1.71. The molecule has 0 fully saturated rings. The topological polar surface area (TPSA) is 87.8 Å². The van der Waals surface area contributed by atoms with E-state index in [4.69, 9.17) is 0 Å². The molecule has 1 N–H and O–H groups in total. The second-order valence-corrected chi connectivity index (χ2v) is 6.37. The highest BCUT2D eigenvalue weighted by molar-refractivity contribution is 8.13. The van der Waals surface area contributed by atoms with Crippen LogP contribution in [0.4, 0.5) is 11.4 Å². The van der Waals surface area contributed by atoms with Gasteiger partial charge in [-0.15, -0.1) is 0 Å². The zero-order valence-corrected chi connectivity index (χ0v) is 14.5. The van der Waals surface area contributed by atoms with Gasteiger partial charge in [-0.1, -0.05) is 30.0 Å². The van der Waals surface area contributed by atoms with Crippen molar-refractivity contribution >= 4 is 34.2 Å². The number of amides is 1. The van der Waals surface area contributed by atoms with E-state index in [9.17, 15) is 14.9 Å². The number of amidine groups is 1. The third kappa shape index (κ3) is 3.08. The molecule has 2 aromatic carbocycles. The fourth-order valence-corrected chi connectivity index (χ4v) is 3.15. The molecule has 0 bridgehead atoms. The van der Waals surface area contributed by atoms with E-state index in [2.05, 4.69) is 10.4 Å². The van der Waals surface area contributed by atoms with E-state index in [1.165, 1.54) is 28.9 Å². The van der Waals surface area contributed by atoms with Gasteiger partial charge in [0.2, 0.25) is 0 Å². The van der Waals surface area contributed by atoms with Crippen LogP contribution in [0.5, 0.6) is 0 Å². The summed E-state index contributed by atoms with van der Waals surface area (Å²) in [5.41, 5.74) is 3.29. The molecular formula is C17H16N4O3S. The number of nitro groups is 1. The predicted molar refractivity (Wildman–Crippen MR) is 98.3 cm³/mol. The number of nitrogens with one attached hydrogen (secondary N) is 1. The van der Waals surface area contributed by atoms with Crippen LogP contribution in [-0.2, 0) is 10.3 Å². The van der Waals surface area contributed by atoms with Crippen LogP contribution in [-0.4, -0.2) is 27.3 Å². The van der Waals surface area contributed by atoms with Crippen molar-refractivity contribution in [3.63, 3.8) is 0 Å². The molecule has 0 saturated heterocycles. The maximum Gasteiger partial charge on any atom is 0.279 e. The van der Waals surface area contributed by atoms with E-state index in [-0.39, 0.29) is 11.6 Å². The summed E-state index contributed by atoms with van der Waals surface area (Å²) in [5, 5.41) is 12.8. The SMILES string of the molecule is CSC1=NC(C)(c2ccc([N+](=O)[O-])cc2)C(=O)N1Nc1ccccc1. The van der Waals surface area contributed by atoms with Crippen LogP contribution in [0.25, 0.3) is 0 Å². The standard InChI is InChI=1S/C17H16N4O3S/c1-17(12-8-10-14(11-9-12)21(23)24)15(22)20(16(18-17)25-2)19-13-6-4-3-5-7-13/h3-11,19H,1-2H3. The molecule has 0 aromatic heterocycles. The first-order valence-corrected chi connectivity index (χ1v) is 8.73. The number of benzene rings is 2. The van der Waals surface area contributed by atoms with Crippen molar-refractivity contribution in [3.05, 3.63) is 70.3 Å². The molecule has 1 heterocycles. The molecule has 8 heteroatoms. The molecule has 25 heavy (non-hydrogen) atoms. The van der Waals surface area contributed by atoms with E-state index in [0.717, 1.165) is 5.69 Å². The van der Waals surface area contributed by atoms with E-state index in [1.54, 1.807) is 19.1 Å². The predicted octanol–water partition coefficient (Wildman–Crippen LogP) is 3.40. The van der Waals surface area contributed by atoms with Gasteiger partial charge in [-0.05, 0) is 43.0 Å². The summed E-state index contributed by atoms with van der Waals surface area (Å²) < 4.78 is 0. The number of carbonyl (C=O) groups is 1. The Kier molecular flexibility index (Phi) is 4.45. The molecule has 0 aliphatic carbocycles. The zero-order valence-electron chi connectivity index (χ0n) is 13.7. The van der Waals surface area contributed by atoms with Gasteiger partial charge in [-0.3, -0.25) is 20.3 Å². The number of para-hydroxylation sites is 1. The third-order valence-corrected chi connectivity index (χ3v) is 4.61. The molecule has 1 amide bonds. The number of aliphatic imine (C=N–C) groups is 1. The Hall–Kier alpha value is -2.87. The number of hydrogen-bond donors (Lipinski definition) is 1. The van der Waals surface area contributed by atoms with Gasteiger partial charge in [-0.25, -0.2) is 4.99 Å². The van der Waals surface area contributed by atoms with Crippen LogP contribution in [0.3, 0.4) is 0 Å². The summed E-state index contributed by atoms with van der Waals surface area (Å²) in [6.07, 6.45) is 1.84. The summed E-state index contributed by atoms with van der Waals surface area (Å²) in [6, 6.07) is 15.3. The monoisotopic (exact) mass is 356 g/mol. The minimum atomic E-state index is -1.13. The van der Waals surface area contributed by atoms with E-state index in [1.807, 2.05) is 36.6 Å². The molecule has 1 unspecified atom stereocenters. The Labute approximate surface area is 148 Å². The second kappa shape index (κ2) is 6.56. The smallest absolute Gasteiger partial charge is 0.279 e. The fraction of sp³-hybridized carbons (Fsp3) is 0.176. The van der Waals surface area contributed by atoms with Crippen molar-refractivity contribution in [3.8, 4) is 0 Å². The minimum Gasteiger partial charge on any atom is -0.289 e. The quantitative estimate of drug-likeness (QED) is 0.670. The van der Waals surface area contributed by atoms with Gasteiger partial charge >= 0.3 is 0 Å². The maximum atomic E-state index is 13.0. The Morgan fingerprint density at radius 3 is 2.36 bits per heavy atom. The second-order valence-electron chi connectivity index (χ2n) is 5.59. The molecule has 3 rings (SSSR count). The number of rotatable bonds is 4. The van der Waals surface area contributed by atoms with Crippen molar-refractivity contribution in [2.45, 2.75) is 12.5 Å². The number of non-ortho nitro benzene ring substituents is 1. The summed E-state index contributed by atoms with van der Waals surface area (Å²) in [5.74, 6) is -0.241. The lowest BCUT2D eigenvalue weighted by Crippen LogP contribution is -2.42. The average Bonchev–Trinajstić information content (AvgIpc) is 2.88. The van der Waals surface area contributed by atoms with Crippen molar-refractivity contribution in [1.29, 1.82) is 0 Å². The van der Waals surface area contributed by atoms with Crippen LogP contribution in [0.15, 0.2) is 59.6 Å². The Bertz CT molecular complexity index is 839. The van der Waals surface area contributed by atoms with Gasteiger partial charge in [0, 0.05) is 12.1 Å². The molecule has 128 valence electrons. The number of anilines is 1. The van der Waals surface area contributed by atoms with Crippen LogP contribution in [0.2, 0.25) is 0 Å². The molecule has 1 atom stereocenters. The van der Waals surface area contributed by atoms with Gasteiger partial charge < -0.3 is 0 Å². The molecule has 1 aliphatic heterocycles. The van der Waals surface area contributed by atoms with Crippen LogP contribution < -0.4 is 5.43 Å². The first-order chi connectivity index (χ1) is 12.0. The van der Waals surface area contributed by atoms with Gasteiger partial charge in [0.1, 0.15) is 0 Å². The highest BCUT2D eigenvalue weighted by Gasteiger charge is 2.46. The number of thioether (sulfide) groups is 1. The van der Waals surface area contributed by atoms with Gasteiger partial charge in [-0.2, -0.15) is 5.01 Å². The maximum absolute atomic E-state index is 13.0. The van der Waals surface area contributed by atoms with E-state index in [0.29, 0.717) is 10.7 Å². The number of hydrazine groups is 1. The lowest BCUT2D eigenvalue weighted by molar-refractivity contribution is -0.384. The molecular weight excluding hydrogens is 340 g/mol. The minimum absolute atomic E-state index is 0.0221. The summed E-state index contributed by atoms with van der Waals surface area (Å²) >= 11 is 1.35. The Morgan fingerprint density at radius 2 is 1.80 bits per heavy atom. The Balaban J connectivity index is 1.93. The number of hydrogen-bond acceptors (Lipinski definition) is 6. The van der Waals surface area contributed by atoms with E-state index < -0.39 is 10.5 Å². The number of nitro benzene ring substituents is 1. The normalized spacial score (nSPS) is 19.7. The average molecular weight is 356 g/mol. The fourth-order valence-electron chi connectivity index (χ4n) is 2.57. The lowest BCUT2D eigenvalue weighted by Gasteiger charge is -2.23. The Morgan fingerprint density at radius 1 is 1.16 bits per heavy atom. The summed E-state index contributed by atoms with van der Waals surface area (Å²) in [7, 11) is 0. The van der Waals surface area contributed by atoms with Crippen molar-refractivity contribution in [1.82, 2.24) is 5.01 Å². The van der Waals surface area contributed by atoms with Crippen LogP contribution in [0, 0.1) is 10.1 Å². The van der Waals surface area contributed by atoms with Crippen LogP contribution >= 0.6 is 11.8 Å². The highest BCUT2D eigenvalue weighted by atomic mass is 32.2. The highest BCUT2D eigenvalue weighted by Crippen LogP contribution is 2.36. The first-order valence-electron chi connectivity index (χ1n) is 7.51. The first kappa shape index (κ1) is 17.0. The number of nitrogens with zero attached hydrogens (tertiary/aromatic N) is 3. The number of carbonyl (C=O) groups excluding carboxylic acids is 1. The van der Waals surface area contributed by atoms with Gasteiger partial charge in [0.05, 0.1) is 10.6 Å². The third-order valence-electron chi connectivity index (χ3n) is 3.97. The van der Waals surface area contributed by atoms with Crippen molar-refractivity contribution < 1.29 is 9.72 Å². The molecule has 7 nitrogen and oxygen atoms in total. The van der Waals surface area contributed by atoms with Gasteiger partial charge in [0.25, 0.3) is 11.6 Å². The van der Waals surface area contributed by atoms with Crippen LogP contribution in [0.1, 0.15) is 12.5 Å². The molecule has 2 aromatic rings. The summed E-state index contributed by atoms with van der Waals surface area (Å²) in [4.78, 5) is 27.9. The molecule has 1 aliphatic rings. The molecule has 0 radical (unpaired) electrons. The van der Waals surface area contributed by atoms with Gasteiger partial charge in [0.15, 0.2) is 10.7 Å². The van der Waals surface area contributed by atoms with Crippen molar-refractivity contribution in [2.75, 3.05) is 11.7 Å². The van der Waals surface area contributed by atoms with E-state index >= 15 is 0 Å². The zero-order chi connectivity index (χ0) is 18.0. The largest absolute Gasteiger partial charge is 0.289 e.